The molecule has 0 heterocycles. The van der Waals surface area contributed by atoms with Crippen molar-refractivity contribution in [3.05, 3.63) is 71.3 Å². The number of ether oxygens (including phenoxy) is 1. The van der Waals surface area contributed by atoms with Crippen molar-refractivity contribution in [1.82, 2.24) is 0 Å². The number of aliphatic hydroxyl groups is 1. The van der Waals surface area contributed by atoms with Crippen LogP contribution in [0.15, 0.2) is 60.2 Å². The number of methoxy groups -OCH3 is 1. The maximum atomic E-state index is 10.7. The van der Waals surface area contributed by atoms with Crippen LogP contribution in [0.25, 0.3) is 6.08 Å². The topological polar surface area (TPSA) is 53.2 Å². The van der Waals surface area contributed by atoms with Crippen molar-refractivity contribution in [2.45, 2.75) is 12.5 Å². The van der Waals surface area contributed by atoms with E-state index in [2.05, 4.69) is 6.07 Å². The van der Waals surface area contributed by atoms with Crippen LogP contribution in [-0.2, 0) is 5.60 Å². The van der Waals surface area contributed by atoms with Crippen molar-refractivity contribution in [1.29, 1.82) is 5.26 Å². The molecule has 106 valence electrons. The van der Waals surface area contributed by atoms with Crippen molar-refractivity contribution >= 4 is 6.08 Å². The van der Waals surface area contributed by atoms with Gasteiger partial charge in [0.1, 0.15) is 11.4 Å². The number of rotatable bonds is 4. The monoisotopic (exact) mass is 279 g/mol. The molecular weight excluding hydrogens is 262 g/mol. The average molecular weight is 279 g/mol. The highest BCUT2D eigenvalue weighted by Crippen LogP contribution is 2.31. The molecule has 3 heteroatoms. The van der Waals surface area contributed by atoms with Crippen LogP contribution >= 0.6 is 0 Å². The molecule has 0 saturated heterocycles. The Labute approximate surface area is 124 Å². The molecule has 0 spiro atoms. The fourth-order valence-electron chi connectivity index (χ4n) is 2.07. The van der Waals surface area contributed by atoms with Gasteiger partial charge in [0, 0.05) is 0 Å². The third-order valence-electron chi connectivity index (χ3n) is 3.41. The molecule has 2 rings (SSSR count). The van der Waals surface area contributed by atoms with Gasteiger partial charge in [-0.25, -0.2) is 0 Å². The summed E-state index contributed by atoms with van der Waals surface area (Å²) < 4.78 is 5.10. The maximum absolute atomic E-state index is 10.7. The standard InChI is InChI=1S/C18H17NO2/c1-18(20,15-8-10-17(21-2)11-9-15)16(13-19)12-14-6-4-3-5-7-14/h3-12,20H,1-2H3/b16-12+. The van der Waals surface area contributed by atoms with Gasteiger partial charge in [0.25, 0.3) is 0 Å². The van der Waals surface area contributed by atoms with Gasteiger partial charge >= 0.3 is 0 Å². The summed E-state index contributed by atoms with van der Waals surface area (Å²) in [6, 6.07) is 18.6. The number of hydrogen-bond acceptors (Lipinski definition) is 3. The second-order valence-electron chi connectivity index (χ2n) is 4.88. The molecule has 0 bridgehead atoms. The molecule has 21 heavy (non-hydrogen) atoms. The summed E-state index contributed by atoms with van der Waals surface area (Å²) in [4.78, 5) is 0. The number of benzene rings is 2. The van der Waals surface area contributed by atoms with E-state index in [4.69, 9.17) is 4.74 Å². The second-order valence-corrected chi connectivity index (χ2v) is 4.88. The first-order valence-electron chi connectivity index (χ1n) is 6.62. The van der Waals surface area contributed by atoms with Gasteiger partial charge in [0.05, 0.1) is 18.8 Å². The minimum Gasteiger partial charge on any atom is -0.497 e. The molecule has 0 radical (unpaired) electrons. The lowest BCUT2D eigenvalue weighted by atomic mass is 9.87. The van der Waals surface area contributed by atoms with Gasteiger partial charge in [0.2, 0.25) is 0 Å². The Morgan fingerprint density at radius 1 is 1.14 bits per heavy atom. The van der Waals surface area contributed by atoms with Crippen LogP contribution in [0.1, 0.15) is 18.1 Å². The quantitative estimate of drug-likeness (QED) is 0.871. The van der Waals surface area contributed by atoms with E-state index >= 15 is 0 Å². The Hall–Kier alpha value is -2.57. The normalized spacial score (nSPS) is 14.1. The van der Waals surface area contributed by atoms with Gasteiger partial charge in [-0.15, -0.1) is 0 Å². The van der Waals surface area contributed by atoms with Crippen molar-refractivity contribution in [2.24, 2.45) is 0 Å². The van der Waals surface area contributed by atoms with Crippen LogP contribution in [0.2, 0.25) is 0 Å². The Morgan fingerprint density at radius 3 is 2.29 bits per heavy atom. The largest absolute Gasteiger partial charge is 0.497 e. The lowest BCUT2D eigenvalue weighted by Crippen LogP contribution is -2.23. The average Bonchev–Trinajstić information content (AvgIpc) is 2.53. The number of hydrogen-bond donors (Lipinski definition) is 1. The Morgan fingerprint density at radius 2 is 1.76 bits per heavy atom. The fraction of sp³-hybridized carbons (Fsp3) is 0.167. The van der Waals surface area contributed by atoms with Crippen molar-refractivity contribution < 1.29 is 9.84 Å². The Balaban J connectivity index is 2.39. The second kappa shape index (κ2) is 6.25. The maximum Gasteiger partial charge on any atom is 0.122 e. The van der Waals surface area contributed by atoms with E-state index in [0.717, 1.165) is 5.56 Å². The van der Waals surface area contributed by atoms with Gasteiger partial charge in [-0.3, -0.25) is 0 Å². The predicted octanol–water partition coefficient (Wildman–Crippen LogP) is 3.51. The molecule has 0 aromatic heterocycles. The molecule has 3 nitrogen and oxygen atoms in total. The molecule has 2 aromatic rings. The van der Waals surface area contributed by atoms with E-state index < -0.39 is 5.60 Å². The first-order chi connectivity index (χ1) is 10.1. The minimum atomic E-state index is -1.35. The molecule has 0 amide bonds. The van der Waals surface area contributed by atoms with E-state index in [0.29, 0.717) is 16.9 Å². The fourth-order valence-corrected chi connectivity index (χ4v) is 2.07. The summed E-state index contributed by atoms with van der Waals surface area (Å²) in [5.41, 5.74) is 0.463. The molecule has 0 fully saturated rings. The van der Waals surface area contributed by atoms with Crippen molar-refractivity contribution in [3.63, 3.8) is 0 Å². The molecular formula is C18H17NO2. The molecule has 1 atom stereocenters. The van der Waals surface area contributed by atoms with Gasteiger partial charge in [-0.1, -0.05) is 42.5 Å². The third-order valence-corrected chi connectivity index (χ3v) is 3.41. The summed E-state index contributed by atoms with van der Waals surface area (Å²) in [7, 11) is 1.59. The third kappa shape index (κ3) is 3.31. The van der Waals surface area contributed by atoms with Crippen LogP contribution in [0.3, 0.4) is 0 Å². The summed E-state index contributed by atoms with van der Waals surface area (Å²) in [6.45, 7) is 1.62. The van der Waals surface area contributed by atoms with E-state index in [-0.39, 0.29) is 0 Å². The predicted molar refractivity (Wildman–Crippen MR) is 82.6 cm³/mol. The van der Waals surface area contributed by atoms with Crippen LogP contribution in [-0.4, -0.2) is 12.2 Å². The molecule has 0 aliphatic heterocycles. The smallest absolute Gasteiger partial charge is 0.122 e. The highest BCUT2D eigenvalue weighted by molar-refractivity contribution is 5.61. The summed E-state index contributed by atoms with van der Waals surface area (Å²) >= 11 is 0. The van der Waals surface area contributed by atoms with E-state index in [1.54, 1.807) is 44.4 Å². The number of nitrogens with zero attached hydrogens (tertiary/aromatic N) is 1. The van der Waals surface area contributed by atoms with Gasteiger partial charge < -0.3 is 9.84 Å². The highest BCUT2D eigenvalue weighted by Gasteiger charge is 2.28. The Bertz CT molecular complexity index is 665. The van der Waals surface area contributed by atoms with E-state index in [1.165, 1.54) is 0 Å². The first-order valence-corrected chi connectivity index (χ1v) is 6.62. The molecule has 1 N–H and O–H groups in total. The lowest BCUT2D eigenvalue weighted by molar-refractivity contribution is 0.103. The number of nitriles is 1. The van der Waals surface area contributed by atoms with Crippen molar-refractivity contribution in [3.8, 4) is 11.8 Å². The molecule has 0 aliphatic rings. The summed E-state index contributed by atoms with van der Waals surface area (Å²) in [5, 5.41) is 20.1. The highest BCUT2D eigenvalue weighted by atomic mass is 16.5. The lowest BCUT2D eigenvalue weighted by Gasteiger charge is -2.23. The Kier molecular flexibility index (Phi) is 4.42. The van der Waals surface area contributed by atoms with Gasteiger partial charge in [0.15, 0.2) is 0 Å². The van der Waals surface area contributed by atoms with Gasteiger partial charge in [-0.05, 0) is 36.3 Å². The molecule has 0 aliphatic carbocycles. The zero-order chi connectivity index (χ0) is 15.3. The van der Waals surface area contributed by atoms with Crippen LogP contribution in [0, 0.1) is 11.3 Å². The van der Waals surface area contributed by atoms with Crippen LogP contribution in [0.4, 0.5) is 0 Å². The van der Waals surface area contributed by atoms with Gasteiger partial charge in [-0.2, -0.15) is 5.26 Å². The SMILES string of the molecule is COc1ccc(C(C)(O)/C(C#N)=C/c2ccccc2)cc1. The zero-order valence-corrected chi connectivity index (χ0v) is 12.1. The van der Waals surface area contributed by atoms with E-state index in [1.807, 2.05) is 30.3 Å². The first kappa shape index (κ1) is 14.8. The molecule has 0 saturated carbocycles. The van der Waals surface area contributed by atoms with Crippen LogP contribution in [0.5, 0.6) is 5.75 Å². The van der Waals surface area contributed by atoms with E-state index in [9.17, 15) is 10.4 Å². The molecule has 2 aromatic carbocycles. The summed E-state index contributed by atoms with van der Waals surface area (Å²) in [6.07, 6.45) is 1.70. The minimum absolute atomic E-state index is 0.291. The zero-order valence-electron chi connectivity index (χ0n) is 12.1. The van der Waals surface area contributed by atoms with Crippen molar-refractivity contribution in [2.75, 3.05) is 7.11 Å². The van der Waals surface area contributed by atoms with Crippen LogP contribution < -0.4 is 4.74 Å². The molecule has 1 unspecified atom stereocenters. The summed E-state index contributed by atoms with van der Waals surface area (Å²) in [5.74, 6) is 0.708.